The van der Waals surface area contributed by atoms with Gasteiger partial charge in [0.05, 0.1) is 11.9 Å². The van der Waals surface area contributed by atoms with Gasteiger partial charge >= 0.3 is 0 Å². The predicted molar refractivity (Wildman–Crippen MR) is 124 cm³/mol. The number of nitrogens with zero attached hydrogens (tertiary/aromatic N) is 2. The van der Waals surface area contributed by atoms with E-state index in [1.54, 1.807) is 0 Å². The zero-order valence-corrected chi connectivity index (χ0v) is 20.1. The Balaban J connectivity index is 1.28. The molecule has 1 aromatic rings. The van der Waals surface area contributed by atoms with E-state index >= 15 is 0 Å². The molecular weight excluding hydrogens is 417 g/mol. The number of likely N-dealkylation sites (tertiary alicyclic amines) is 1. The maximum Gasteiger partial charge on any atom is 0.228 e. The number of halogens is 1. The van der Waals surface area contributed by atoms with Gasteiger partial charge in [-0.2, -0.15) is 0 Å². The number of piperidine rings is 1. The monoisotopic (exact) mass is 453 g/mol. The highest BCUT2D eigenvalue weighted by Crippen LogP contribution is 2.73. The summed E-state index contributed by atoms with van der Waals surface area (Å²) in [5, 5.41) is 2.85. The van der Waals surface area contributed by atoms with Crippen LogP contribution < -0.4 is 5.32 Å². The lowest BCUT2D eigenvalue weighted by atomic mass is 9.44. The highest BCUT2D eigenvalue weighted by molar-refractivity contribution is 5.93. The van der Waals surface area contributed by atoms with Gasteiger partial charge in [-0.3, -0.25) is 14.6 Å². The molecule has 4 saturated carbocycles. The molecule has 3 unspecified atom stereocenters. The number of rotatable bonds is 2. The molecule has 6 heteroatoms. The largest absolute Gasteiger partial charge is 0.342 e. The standard InChI is InChI=1S/C27H36FN3O2/c1-25-9-6-18-16(14-27(11-12-27)24-26(18,2)10-7-22(32)31(24)3)17(25)4-5-19(25)23(33)30-21-15-29-13-8-20(21)28/h8,13,15-19,24H,4-7,9-12,14H2,1-3H3,(H,30,33)/t16?,17-,18?,19+,24?,25-,26+/m0/s1. The fourth-order valence-corrected chi connectivity index (χ4v) is 9.50. The zero-order chi connectivity index (χ0) is 23.2. The molecule has 7 atom stereocenters. The Morgan fingerprint density at radius 3 is 2.61 bits per heavy atom. The Morgan fingerprint density at radius 2 is 1.88 bits per heavy atom. The van der Waals surface area contributed by atoms with Crippen molar-refractivity contribution in [1.82, 2.24) is 9.88 Å². The van der Waals surface area contributed by atoms with E-state index in [1.165, 1.54) is 37.7 Å². The quantitative estimate of drug-likeness (QED) is 0.683. The highest BCUT2D eigenvalue weighted by Gasteiger charge is 2.70. The Labute approximate surface area is 195 Å². The molecule has 0 aromatic carbocycles. The van der Waals surface area contributed by atoms with Gasteiger partial charge in [0.2, 0.25) is 11.8 Å². The van der Waals surface area contributed by atoms with Crippen molar-refractivity contribution in [3.63, 3.8) is 0 Å². The Bertz CT molecular complexity index is 1010. The molecule has 2 amide bonds. The summed E-state index contributed by atoms with van der Waals surface area (Å²) in [5.41, 5.74) is 0.614. The number of anilines is 1. The van der Waals surface area contributed by atoms with E-state index in [1.807, 2.05) is 7.05 Å². The summed E-state index contributed by atoms with van der Waals surface area (Å²) in [5.74, 6) is 1.54. The summed E-state index contributed by atoms with van der Waals surface area (Å²) >= 11 is 0. The molecule has 4 aliphatic carbocycles. The average Bonchev–Trinajstić information content (AvgIpc) is 3.43. The van der Waals surface area contributed by atoms with Gasteiger partial charge in [-0.05, 0) is 91.4 Å². The lowest BCUT2D eigenvalue weighted by Gasteiger charge is -2.64. The van der Waals surface area contributed by atoms with Crippen LogP contribution in [0.5, 0.6) is 0 Å². The second-order valence-electron chi connectivity index (χ2n) is 12.4. The number of nitrogens with one attached hydrogen (secondary N) is 1. The molecule has 178 valence electrons. The number of carbonyl (C=O) groups excluding carboxylic acids is 2. The summed E-state index contributed by atoms with van der Waals surface area (Å²) in [6.45, 7) is 4.81. The third kappa shape index (κ3) is 2.91. The third-order valence-corrected chi connectivity index (χ3v) is 11.0. The molecule has 1 aliphatic heterocycles. The van der Waals surface area contributed by atoms with Crippen LogP contribution >= 0.6 is 0 Å². The van der Waals surface area contributed by atoms with Gasteiger partial charge < -0.3 is 10.2 Å². The first-order chi connectivity index (χ1) is 15.7. The van der Waals surface area contributed by atoms with Crippen molar-refractivity contribution in [3.05, 3.63) is 24.3 Å². The van der Waals surface area contributed by atoms with Gasteiger partial charge in [-0.15, -0.1) is 0 Å². The van der Waals surface area contributed by atoms with Crippen molar-refractivity contribution in [2.24, 2.45) is 39.9 Å². The molecule has 0 radical (unpaired) electrons. The SMILES string of the molecule is CN1C(=O)CC[C@]2(C)C3CC[C@]4(C)[C@@H](C(=O)Nc5cnccc5F)CC[C@H]4C3CC3(CC3)C12. The number of amides is 2. The van der Waals surface area contributed by atoms with E-state index in [4.69, 9.17) is 0 Å². The Morgan fingerprint density at radius 1 is 1.12 bits per heavy atom. The fraction of sp³-hybridized carbons (Fsp3) is 0.741. The van der Waals surface area contributed by atoms with Crippen LogP contribution in [0.25, 0.3) is 0 Å². The molecule has 2 heterocycles. The normalized spacial score (nSPS) is 43.0. The van der Waals surface area contributed by atoms with Gasteiger partial charge in [0.1, 0.15) is 5.82 Å². The van der Waals surface area contributed by atoms with Gasteiger partial charge in [0.15, 0.2) is 0 Å². The maximum absolute atomic E-state index is 14.2. The summed E-state index contributed by atoms with van der Waals surface area (Å²) in [7, 11) is 2.05. The van der Waals surface area contributed by atoms with Crippen LogP contribution in [0.1, 0.15) is 71.6 Å². The molecule has 1 spiro atoms. The summed E-state index contributed by atoms with van der Waals surface area (Å²) in [6.07, 6.45) is 12.3. The third-order valence-electron chi connectivity index (χ3n) is 11.0. The average molecular weight is 454 g/mol. The van der Waals surface area contributed by atoms with E-state index < -0.39 is 5.82 Å². The first-order valence-corrected chi connectivity index (χ1v) is 12.9. The molecule has 33 heavy (non-hydrogen) atoms. The van der Waals surface area contributed by atoms with E-state index in [0.29, 0.717) is 36.1 Å². The number of hydrogen-bond donors (Lipinski definition) is 1. The van der Waals surface area contributed by atoms with Crippen molar-refractivity contribution in [2.45, 2.75) is 77.7 Å². The van der Waals surface area contributed by atoms with Crippen molar-refractivity contribution >= 4 is 17.5 Å². The molecule has 1 aromatic heterocycles. The second kappa shape index (κ2) is 7.02. The topological polar surface area (TPSA) is 62.3 Å². The molecule has 1 saturated heterocycles. The van der Waals surface area contributed by atoms with Crippen LogP contribution in [0.3, 0.4) is 0 Å². The van der Waals surface area contributed by atoms with E-state index in [2.05, 4.69) is 29.0 Å². The molecule has 5 nitrogen and oxygen atoms in total. The van der Waals surface area contributed by atoms with Crippen LogP contribution in [0.2, 0.25) is 0 Å². The van der Waals surface area contributed by atoms with Crippen molar-refractivity contribution in [3.8, 4) is 0 Å². The summed E-state index contributed by atoms with van der Waals surface area (Å²) in [4.78, 5) is 32.1. The molecule has 0 bridgehead atoms. The number of carbonyl (C=O) groups is 2. The number of fused-ring (bicyclic) bond motifs is 6. The van der Waals surface area contributed by atoms with E-state index in [9.17, 15) is 14.0 Å². The van der Waals surface area contributed by atoms with Crippen molar-refractivity contribution in [1.29, 1.82) is 0 Å². The summed E-state index contributed by atoms with van der Waals surface area (Å²) in [6, 6.07) is 1.67. The van der Waals surface area contributed by atoms with Crippen molar-refractivity contribution in [2.75, 3.05) is 12.4 Å². The van der Waals surface area contributed by atoms with E-state index in [-0.39, 0.29) is 33.8 Å². The molecule has 1 N–H and O–H groups in total. The second-order valence-corrected chi connectivity index (χ2v) is 12.4. The number of hydrogen-bond acceptors (Lipinski definition) is 3. The van der Waals surface area contributed by atoms with Gasteiger partial charge in [0.25, 0.3) is 0 Å². The molecular formula is C27H36FN3O2. The minimum absolute atomic E-state index is 0.0421. The van der Waals surface area contributed by atoms with Gasteiger partial charge in [0, 0.05) is 31.6 Å². The van der Waals surface area contributed by atoms with E-state index in [0.717, 1.165) is 32.1 Å². The summed E-state index contributed by atoms with van der Waals surface area (Å²) < 4.78 is 14.2. The lowest BCUT2D eigenvalue weighted by molar-refractivity contribution is -0.173. The predicted octanol–water partition coefficient (Wildman–Crippen LogP) is 5.03. The molecule has 6 rings (SSSR count). The molecule has 5 aliphatic rings. The van der Waals surface area contributed by atoms with Crippen LogP contribution in [0.4, 0.5) is 10.1 Å². The minimum Gasteiger partial charge on any atom is -0.342 e. The highest BCUT2D eigenvalue weighted by atomic mass is 19.1. The van der Waals surface area contributed by atoms with Gasteiger partial charge in [-0.25, -0.2) is 4.39 Å². The smallest absolute Gasteiger partial charge is 0.228 e. The lowest BCUT2D eigenvalue weighted by Crippen LogP contribution is -2.65. The van der Waals surface area contributed by atoms with Crippen LogP contribution in [0.15, 0.2) is 18.5 Å². The number of aromatic nitrogens is 1. The maximum atomic E-state index is 14.2. The van der Waals surface area contributed by atoms with Crippen LogP contribution in [-0.4, -0.2) is 34.8 Å². The fourth-order valence-electron chi connectivity index (χ4n) is 9.50. The number of pyridine rings is 1. The Hall–Kier alpha value is -1.98. The van der Waals surface area contributed by atoms with Gasteiger partial charge in [-0.1, -0.05) is 13.8 Å². The minimum atomic E-state index is -0.431. The first-order valence-electron chi connectivity index (χ1n) is 12.9. The molecule has 5 fully saturated rings. The first kappa shape index (κ1) is 21.5. The van der Waals surface area contributed by atoms with Crippen LogP contribution in [0, 0.1) is 45.7 Å². The van der Waals surface area contributed by atoms with Crippen molar-refractivity contribution < 1.29 is 14.0 Å². The zero-order valence-electron chi connectivity index (χ0n) is 20.1. The Kier molecular flexibility index (Phi) is 4.58. The van der Waals surface area contributed by atoms with Crippen LogP contribution in [-0.2, 0) is 9.59 Å².